The molecule has 0 fully saturated rings. The van der Waals surface area contributed by atoms with Gasteiger partial charge >= 0.3 is 5.97 Å². The Labute approximate surface area is 100 Å². The Hall–Kier alpha value is -1.48. The molecule has 0 N–H and O–H groups in total. The minimum atomic E-state index is -0.453. The van der Waals surface area contributed by atoms with Gasteiger partial charge in [0, 0.05) is 19.7 Å². The van der Waals surface area contributed by atoms with E-state index >= 15 is 0 Å². The van der Waals surface area contributed by atoms with Crippen LogP contribution >= 0.6 is 11.6 Å². The number of hydrogen-bond donors (Lipinski definition) is 0. The molecule has 1 aromatic carbocycles. The second-order valence-corrected chi connectivity index (χ2v) is 3.91. The minimum absolute atomic E-state index is 0.300. The van der Waals surface area contributed by atoms with Crippen LogP contribution < -0.4 is 4.90 Å². The second kappa shape index (κ2) is 5.03. The number of ether oxygens (including phenoxy) is 1. The number of carbonyl (C=O) groups excluding carboxylic acids is 1. The van der Waals surface area contributed by atoms with Gasteiger partial charge in [-0.1, -0.05) is 30.3 Å². The Bertz CT molecular complexity index is 427. The Morgan fingerprint density at radius 3 is 2.56 bits per heavy atom. The molecule has 16 heavy (non-hydrogen) atoms. The monoisotopic (exact) mass is 239 g/mol. The maximum atomic E-state index is 11.4. The highest BCUT2D eigenvalue weighted by atomic mass is 35.5. The molecule has 0 aliphatic rings. The number of esters is 1. The van der Waals surface area contributed by atoms with Crippen LogP contribution in [0.3, 0.4) is 0 Å². The molecule has 0 saturated carbocycles. The van der Waals surface area contributed by atoms with E-state index < -0.39 is 5.97 Å². The normalized spacial score (nSPS) is 9.75. The van der Waals surface area contributed by atoms with Gasteiger partial charge in [0.25, 0.3) is 0 Å². The van der Waals surface area contributed by atoms with E-state index in [1.807, 2.05) is 19.0 Å². The standard InChI is InChI=1S/C12H14ClNO2/c1-8(12(15)16-4)9-6-5-7-10(13)11(9)14(2)3/h5-7H,1H2,2-4H3. The van der Waals surface area contributed by atoms with Gasteiger partial charge in [0.1, 0.15) is 0 Å². The third kappa shape index (κ3) is 2.36. The summed E-state index contributed by atoms with van der Waals surface area (Å²) in [5.74, 6) is -0.453. The van der Waals surface area contributed by atoms with Crippen molar-refractivity contribution < 1.29 is 9.53 Å². The Morgan fingerprint density at radius 1 is 1.44 bits per heavy atom. The SMILES string of the molecule is C=C(C(=O)OC)c1cccc(Cl)c1N(C)C. The van der Waals surface area contributed by atoms with E-state index in [0.717, 1.165) is 5.69 Å². The first kappa shape index (κ1) is 12.6. The van der Waals surface area contributed by atoms with Crippen molar-refractivity contribution in [2.24, 2.45) is 0 Å². The van der Waals surface area contributed by atoms with Gasteiger partial charge in [0.15, 0.2) is 0 Å². The van der Waals surface area contributed by atoms with Gasteiger partial charge in [-0.15, -0.1) is 0 Å². The van der Waals surface area contributed by atoms with Crippen LogP contribution in [0.5, 0.6) is 0 Å². The van der Waals surface area contributed by atoms with Crippen molar-refractivity contribution in [1.29, 1.82) is 0 Å². The van der Waals surface area contributed by atoms with Crippen molar-refractivity contribution in [3.63, 3.8) is 0 Å². The molecule has 3 nitrogen and oxygen atoms in total. The maximum Gasteiger partial charge on any atom is 0.337 e. The molecule has 0 unspecified atom stereocenters. The zero-order valence-corrected chi connectivity index (χ0v) is 10.3. The largest absolute Gasteiger partial charge is 0.465 e. The van der Waals surface area contributed by atoms with Crippen LogP contribution in [-0.2, 0) is 9.53 Å². The molecular formula is C12H14ClNO2. The van der Waals surface area contributed by atoms with Gasteiger partial charge in [0.05, 0.1) is 23.4 Å². The number of para-hydroxylation sites is 1. The van der Waals surface area contributed by atoms with Crippen molar-refractivity contribution >= 4 is 28.8 Å². The summed E-state index contributed by atoms with van der Waals surface area (Å²) in [6.07, 6.45) is 0. The first-order valence-corrected chi connectivity index (χ1v) is 5.10. The summed E-state index contributed by atoms with van der Waals surface area (Å²) in [6, 6.07) is 5.34. The predicted molar refractivity (Wildman–Crippen MR) is 66.8 cm³/mol. The molecule has 0 aromatic heterocycles. The quantitative estimate of drug-likeness (QED) is 0.600. The van der Waals surface area contributed by atoms with Crippen LogP contribution in [-0.4, -0.2) is 27.2 Å². The summed E-state index contributed by atoms with van der Waals surface area (Å²) < 4.78 is 4.64. The molecule has 0 amide bonds. The smallest absolute Gasteiger partial charge is 0.337 e. The molecule has 0 spiro atoms. The van der Waals surface area contributed by atoms with Crippen molar-refractivity contribution in [3.05, 3.63) is 35.4 Å². The number of benzene rings is 1. The number of hydrogen-bond acceptors (Lipinski definition) is 3. The average Bonchev–Trinajstić information content (AvgIpc) is 2.26. The predicted octanol–water partition coefficient (Wildman–Crippen LogP) is 2.59. The topological polar surface area (TPSA) is 29.5 Å². The number of anilines is 1. The third-order valence-electron chi connectivity index (χ3n) is 2.19. The summed E-state index contributed by atoms with van der Waals surface area (Å²) in [4.78, 5) is 13.3. The van der Waals surface area contributed by atoms with Crippen LogP contribution in [0.4, 0.5) is 5.69 Å². The molecular weight excluding hydrogens is 226 g/mol. The Kier molecular flexibility index (Phi) is 3.96. The fourth-order valence-electron chi connectivity index (χ4n) is 1.45. The first-order chi connectivity index (χ1) is 7.49. The first-order valence-electron chi connectivity index (χ1n) is 4.72. The van der Waals surface area contributed by atoms with E-state index in [2.05, 4.69) is 11.3 Å². The highest BCUT2D eigenvalue weighted by Gasteiger charge is 2.16. The highest BCUT2D eigenvalue weighted by Crippen LogP contribution is 2.32. The number of methoxy groups -OCH3 is 1. The molecule has 0 aliphatic heterocycles. The van der Waals surface area contributed by atoms with E-state index in [1.54, 1.807) is 18.2 Å². The number of carbonyl (C=O) groups is 1. The van der Waals surface area contributed by atoms with Crippen LogP contribution in [0.25, 0.3) is 5.57 Å². The van der Waals surface area contributed by atoms with Crippen molar-refractivity contribution in [2.45, 2.75) is 0 Å². The number of halogens is 1. The summed E-state index contributed by atoms with van der Waals surface area (Å²) in [6.45, 7) is 3.72. The van der Waals surface area contributed by atoms with Gasteiger partial charge in [-0.2, -0.15) is 0 Å². The van der Waals surface area contributed by atoms with Gasteiger partial charge in [-0.05, 0) is 6.07 Å². The average molecular weight is 240 g/mol. The van der Waals surface area contributed by atoms with Crippen LogP contribution in [0, 0.1) is 0 Å². The van der Waals surface area contributed by atoms with Crippen molar-refractivity contribution in [1.82, 2.24) is 0 Å². The van der Waals surface area contributed by atoms with Crippen molar-refractivity contribution in [2.75, 3.05) is 26.1 Å². The highest BCUT2D eigenvalue weighted by molar-refractivity contribution is 6.34. The van der Waals surface area contributed by atoms with Crippen molar-refractivity contribution in [3.8, 4) is 0 Å². The second-order valence-electron chi connectivity index (χ2n) is 3.50. The third-order valence-corrected chi connectivity index (χ3v) is 2.50. The van der Waals surface area contributed by atoms with Crippen LogP contribution in [0.15, 0.2) is 24.8 Å². The lowest BCUT2D eigenvalue weighted by Gasteiger charge is -2.19. The molecule has 0 aliphatic carbocycles. The van der Waals surface area contributed by atoms with Gasteiger partial charge < -0.3 is 9.64 Å². The van der Waals surface area contributed by atoms with Crippen LogP contribution in [0.1, 0.15) is 5.56 Å². The Morgan fingerprint density at radius 2 is 2.06 bits per heavy atom. The number of rotatable bonds is 3. The molecule has 4 heteroatoms. The van der Waals surface area contributed by atoms with E-state index in [-0.39, 0.29) is 0 Å². The fraction of sp³-hybridized carbons (Fsp3) is 0.250. The summed E-state index contributed by atoms with van der Waals surface area (Å²) in [5, 5.41) is 0.576. The lowest BCUT2D eigenvalue weighted by atomic mass is 10.0. The molecule has 0 bridgehead atoms. The van der Waals surface area contributed by atoms with Gasteiger partial charge in [-0.25, -0.2) is 4.79 Å². The zero-order chi connectivity index (χ0) is 12.3. The molecule has 0 radical (unpaired) electrons. The van der Waals surface area contributed by atoms with E-state index in [4.69, 9.17) is 11.6 Å². The number of nitrogens with zero attached hydrogens (tertiary/aromatic N) is 1. The van der Waals surface area contributed by atoms with E-state index in [9.17, 15) is 4.79 Å². The van der Waals surface area contributed by atoms with E-state index in [0.29, 0.717) is 16.2 Å². The summed E-state index contributed by atoms with van der Waals surface area (Å²) in [5.41, 5.74) is 1.75. The van der Waals surface area contributed by atoms with Gasteiger partial charge in [0.2, 0.25) is 0 Å². The lowest BCUT2D eigenvalue weighted by Crippen LogP contribution is -2.13. The van der Waals surface area contributed by atoms with Crippen LogP contribution in [0.2, 0.25) is 5.02 Å². The zero-order valence-electron chi connectivity index (χ0n) is 9.58. The minimum Gasteiger partial charge on any atom is -0.465 e. The van der Waals surface area contributed by atoms with Gasteiger partial charge in [-0.3, -0.25) is 0 Å². The molecule has 86 valence electrons. The fourth-order valence-corrected chi connectivity index (χ4v) is 1.79. The lowest BCUT2D eigenvalue weighted by molar-refractivity contribution is -0.133. The van der Waals surface area contributed by atoms with E-state index in [1.165, 1.54) is 7.11 Å². The molecule has 1 aromatic rings. The summed E-state index contributed by atoms with van der Waals surface area (Å²) >= 11 is 6.08. The molecule has 0 heterocycles. The Balaban J connectivity index is 3.28. The maximum absolute atomic E-state index is 11.4. The molecule has 1 rings (SSSR count). The molecule has 0 atom stereocenters. The summed E-state index contributed by atoms with van der Waals surface area (Å²) in [7, 11) is 5.04. The molecule has 0 saturated heterocycles.